The van der Waals surface area contributed by atoms with Gasteiger partial charge in [0.05, 0.1) is 11.8 Å². The average molecular weight is 415 g/mol. The van der Waals surface area contributed by atoms with Gasteiger partial charge < -0.3 is 15.0 Å². The van der Waals surface area contributed by atoms with Crippen LogP contribution in [-0.2, 0) is 23.9 Å². The zero-order valence-corrected chi connectivity index (χ0v) is 17.6. The Bertz CT molecular complexity index is 779. The van der Waals surface area contributed by atoms with Gasteiger partial charge in [-0.1, -0.05) is 12.8 Å². The maximum Gasteiger partial charge on any atom is 0.326 e. The minimum absolute atomic E-state index is 0.292. The third-order valence-electron chi connectivity index (χ3n) is 5.86. The summed E-state index contributed by atoms with van der Waals surface area (Å²) in [6.45, 7) is 5.02. The van der Waals surface area contributed by atoms with Crippen molar-refractivity contribution in [3.8, 4) is 0 Å². The summed E-state index contributed by atoms with van der Waals surface area (Å²) in [5.41, 5.74) is 1.66. The Balaban J connectivity index is 1.46. The highest BCUT2D eigenvalue weighted by Crippen LogP contribution is 2.37. The first-order valence-electron chi connectivity index (χ1n) is 10.6. The van der Waals surface area contributed by atoms with Crippen LogP contribution in [0.1, 0.15) is 39.5 Å². The summed E-state index contributed by atoms with van der Waals surface area (Å²) < 4.78 is 4.98. The Labute approximate surface area is 176 Å². The summed E-state index contributed by atoms with van der Waals surface area (Å²) in [6.07, 6.45) is 3.23. The second-order valence-electron chi connectivity index (χ2n) is 7.69. The van der Waals surface area contributed by atoms with Gasteiger partial charge in [0, 0.05) is 24.5 Å². The Morgan fingerprint density at radius 3 is 2.13 bits per heavy atom. The zero-order chi connectivity index (χ0) is 21.7. The number of imide groups is 1. The standard InChI is InChI=1S/C22H29N3O5/c1-3-24(4-2)16-11-9-15(10-12-16)23-19(26)14-30-20(27)13-25-21(28)17-7-5-6-8-18(17)22(25)29/h9-12,17-18H,3-8,13-14H2,1-2H3,(H,23,26). The molecule has 1 heterocycles. The Kier molecular flexibility index (Phi) is 7.07. The van der Waals surface area contributed by atoms with Crippen LogP contribution in [0.2, 0.25) is 0 Å². The fourth-order valence-corrected chi connectivity index (χ4v) is 4.25. The third-order valence-corrected chi connectivity index (χ3v) is 5.86. The maximum absolute atomic E-state index is 12.4. The number of nitrogens with zero attached hydrogens (tertiary/aromatic N) is 2. The molecule has 1 saturated heterocycles. The van der Waals surface area contributed by atoms with E-state index in [1.165, 1.54) is 0 Å². The normalized spacial score (nSPS) is 20.7. The number of fused-ring (bicyclic) bond motifs is 1. The number of esters is 1. The van der Waals surface area contributed by atoms with E-state index in [-0.39, 0.29) is 23.7 Å². The van der Waals surface area contributed by atoms with E-state index in [1.807, 2.05) is 12.1 Å². The molecular formula is C22H29N3O5. The number of hydrogen-bond donors (Lipinski definition) is 1. The van der Waals surface area contributed by atoms with E-state index in [1.54, 1.807) is 12.1 Å². The van der Waals surface area contributed by atoms with E-state index in [0.717, 1.165) is 36.5 Å². The van der Waals surface area contributed by atoms with Crippen LogP contribution in [0.4, 0.5) is 11.4 Å². The highest BCUT2D eigenvalue weighted by molar-refractivity contribution is 6.07. The van der Waals surface area contributed by atoms with Crippen molar-refractivity contribution < 1.29 is 23.9 Å². The lowest BCUT2D eigenvalue weighted by atomic mass is 9.81. The lowest BCUT2D eigenvalue weighted by molar-refractivity contribution is -0.154. The number of carbonyl (C=O) groups excluding carboxylic acids is 4. The number of nitrogens with one attached hydrogen (secondary N) is 1. The molecular weight excluding hydrogens is 386 g/mol. The van der Waals surface area contributed by atoms with Crippen molar-refractivity contribution in [3.63, 3.8) is 0 Å². The van der Waals surface area contributed by atoms with Gasteiger partial charge in [-0.15, -0.1) is 0 Å². The van der Waals surface area contributed by atoms with Gasteiger partial charge in [-0.2, -0.15) is 0 Å². The number of carbonyl (C=O) groups is 4. The first-order valence-corrected chi connectivity index (χ1v) is 10.6. The number of hydrogen-bond acceptors (Lipinski definition) is 6. The molecule has 8 nitrogen and oxygen atoms in total. The molecule has 1 aromatic rings. The van der Waals surface area contributed by atoms with Gasteiger partial charge in [-0.3, -0.25) is 24.1 Å². The van der Waals surface area contributed by atoms with Crippen LogP contribution in [0, 0.1) is 11.8 Å². The number of amides is 3. The Hall–Kier alpha value is -2.90. The summed E-state index contributed by atoms with van der Waals surface area (Å²) >= 11 is 0. The quantitative estimate of drug-likeness (QED) is 0.517. The monoisotopic (exact) mass is 415 g/mol. The first-order chi connectivity index (χ1) is 14.4. The van der Waals surface area contributed by atoms with Gasteiger partial charge in [0.1, 0.15) is 6.54 Å². The van der Waals surface area contributed by atoms with Crippen molar-refractivity contribution in [2.75, 3.05) is 36.5 Å². The van der Waals surface area contributed by atoms with Crippen molar-refractivity contribution in [1.82, 2.24) is 4.90 Å². The van der Waals surface area contributed by atoms with Crippen LogP contribution in [0.25, 0.3) is 0 Å². The predicted octanol–water partition coefficient (Wildman–Crippen LogP) is 2.19. The van der Waals surface area contributed by atoms with Crippen LogP contribution < -0.4 is 10.2 Å². The highest BCUT2D eigenvalue weighted by Gasteiger charge is 2.48. The van der Waals surface area contributed by atoms with E-state index in [9.17, 15) is 19.2 Å². The first kappa shape index (κ1) is 21.8. The molecule has 1 aromatic carbocycles. The SMILES string of the molecule is CCN(CC)c1ccc(NC(=O)COC(=O)CN2C(=O)C3CCCCC3C2=O)cc1. The fraction of sp³-hybridized carbons (Fsp3) is 0.545. The molecule has 30 heavy (non-hydrogen) atoms. The molecule has 0 radical (unpaired) electrons. The minimum Gasteiger partial charge on any atom is -0.454 e. The summed E-state index contributed by atoms with van der Waals surface area (Å²) in [4.78, 5) is 52.1. The van der Waals surface area contributed by atoms with Crippen molar-refractivity contribution in [2.24, 2.45) is 11.8 Å². The molecule has 0 spiro atoms. The van der Waals surface area contributed by atoms with Crippen molar-refractivity contribution in [3.05, 3.63) is 24.3 Å². The lowest BCUT2D eigenvalue weighted by Crippen LogP contribution is -2.37. The second kappa shape index (κ2) is 9.73. The maximum atomic E-state index is 12.4. The number of benzene rings is 1. The molecule has 162 valence electrons. The number of likely N-dealkylation sites (tertiary alicyclic amines) is 1. The van der Waals surface area contributed by atoms with Gasteiger partial charge in [-0.05, 0) is 51.0 Å². The molecule has 2 aliphatic rings. The Morgan fingerprint density at radius 1 is 1.03 bits per heavy atom. The smallest absolute Gasteiger partial charge is 0.326 e. The van der Waals surface area contributed by atoms with E-state index in [4.69, 9.17) is 4.74 Å². The van der Waals surface area contributed by atoms with Crippen LogP contribution in [0.5, 0.6) is 0 Å². The third kappa shape index (κ3) is 4.80. The molecule has 8 heteroatoms. The van der Waals surface area contributed by atoms with Gasteiger partial charge >= 0.3 is 5.97 Å². The van der Waals surface area contributed by atoms with Crippen LogP contribution in [-0.4, -0.2) is 54.8 Å². The fourth-order valence-electron chi connectivity index (χ4n) is 4.25. The van der Waals surface area contributed by atoms with Gasteiger partial charge in [0.15, 0.2) is 6.61 Å². The van der Waals surface area contributed by atoms with E-state index in [2.05, 4.69) is 24.1 Å². The Morgan fingerprint density at radius 2 is 1.60 bits per heavy atom. The number of ether oxygens (including phenoxy) is 1. The number of anilines is 2. The van der Waals surface area contributed by atoms with Gasteiger partial charge in [0.25, 0.3) is 5.91 Å². The molecule has 3 rings (SSSR count). The highest BCUT2D eigenvalue weighted by atomic mass is 16.5. The molecule has 1 N–H and O–H groups in total. The molecule has 2 fully saturated rings. The summed E-state index contributed by atoms with van der Waals surface area (Å²) in [5.74, 6) is -2.43. The molecule has 3 amide bonds. The van der Waals surface area contributed by atoms with E-state index in [0.29, 0.717) is 18.5 Å². The van der Waals surface area contributed by atoms with Crippen LogP contribution in [0.15, 0.2) is 24.3 Å². The summed E-state index contributed by atoms with van der Waals surface area (Å²) in [7, 11) is 0. The van der Waals surface area contributed by atoms with Crippen LogP contribution in [0.3, 0.4) is 0 Å². The van der Waals surface area contributed by atoms with Crippen molar-refractivity contribution in [2.45, 2.75) is 39.5 Å². The zero-order valence-electron chi connectivity index (χ0n) is 17.6. The predicted molar refractivity (Wildman–Crippen MR) is 112 cm³/mol. The van der Waals surface area contributed by atoms with E-state index < -0.39 is 25.0 Å². The molecule has 2 atom stereocenters. The lowest BCUT2D eigenvalue weighted by Gasteiger charge is -2.21. The minimum atomic E-state index is -0.762. The molecule has 2 unspecified atom stereocenters. The summed E-state index contributed by atoms with van der Waals surface area (Å²) in [6, 6.07) is 7.41. The largest absolute Gasteiger partial charge is 0.454 e. The molecule has 1 saturated carbocycles. The van der Waals surface area contributed by atoms with Crippen LogP contribution >= 0.6 is 0 Å². The topological polar surface area (TPSA) is 96.0 Å². The molecule has 1 aliphatic carbocycles. The van der Waals surface area contributed by atoms with E-state index >= 15 is 0 Å². The molecule has 0 bridgehead atoms. The van der Waals surface area contributed by atoms with Crippen molar-refractivity contribution in [1.29, 1.82) is 0 Å². The van der Waals surface area contributed by atoms with Crippen molar-refractivity contribution >= 4 is 35.1 Å². The van der Waals surface area contributed by atoms with Gasteiger partial charge in [-0.25, -0.2) is 0 Å². The van der Waals surface area contributed by atoms with Gasteiger partial charge in [0.2, 0.25) is 11.8 Å². The second-order valence-corrected chi connectivity index (χ2v) is 7.69. The molecule has 0 aromatic heterocycles. The molecule has 1 aliphatic heterocycles. The number of rotatable bonds is 8. The average Bonchev–Trinajstić information content (AvgIpc) is 2.99. The summed E-state index contributed by atoms with van der Waals surface area (Å²) in [5, 5.41) is 2.67.